The Bertz CT molecular complexity index is 573. The van der Waals surface area contributed by atoms with Crippen LogP contribution in [0.1, 0.15) is 29.6 Å². The van der Waals surface area contributed by atoms with Gasteiger partial charge < -0.3 is 10.2 Å². The summed E-state index contributed by atoms with van der Waals surface area (Å²) in [7, 11) is -3.86. The molecule has 8 heteroatoms. The summed E-state index contributed by atoms with van der Waals surface area (Å²) < 4.78 is 39.2. The van der Waals surface area contributed by atoms with Crippen LogP contribution in [-0.4, -0.2) is 37.8 Å². The molecule has 3 N–H and O–H groups in total. The van der Waals surface area contributed by atoms with Gasteiger partial charge in [0.1, 0.15) is 5.82 Å². The first kappa shape index (κ1) is 16.5. The largest absolute Gasteiger partial charge is 0.478 e. The molecule has 0 aliphatic heterocycles. The number of nitrogens with one attached hydrogen (secondary N) is 1. The lowest BCUT2D eigenvalue weighted by molar-refractivity contribution is 0.0691. The summed E-state index contributed by atoms with van der Waals surface area (Å²) in [6.07, 6.45) is 1.80. The highest BCUT2D eigenvalue weighted by Gasteiger charge is 2.18. The van der Waals surface area contributed by atoms with Crippen LogP contribution < -0.4 is 4.72 Å². The number of aromatic carboxylic acids is 1. The van der Waals surface area contributed by atoms with Crippen molar-refractivity contribution in [2.45, 2.75) is 24.2 Å². The van der Waals surface area contributed by atoms with Gasteiger partial charge in [0.2, 0.25) is 10.0 Å². The number of halogens is 1. The molecule has 1 aromatic rings. The van der Waals surface area contributed by atoms with Crippen LogP contribution in [0.2, 0.25) is 0 Å². The molecule has 0 spiro atoms. The van der Waals surface area contributed by atoms with Crippen LogP contribution in [-0.2, 0) is 10.0 Å². The average molecular weight is 305 g/mol. The van der Waals surface area contributed by atoms with Crippen molar-refractivity contribution < 1.29 is 27.8 Å². The lowest BCUT2D eigenvalue weighted by atomic mass is 10.2. The molecule has 0 aromatic heterocycles. The Morgan fingerprint density at radius 1 is 1.25 bits per heavy atom. The van der Waals surface area contributed by atoms with E-state index < -0.39 is 27.4 Å². The predicted molar refractivity (Wildman–Crippen MR) is 69.5 cm³/mol. The summed E-state index contributed by atoms with van der Waals surface area (Å²) in [5, 5.41) is 17.3. The van der Waals surface area contributed by atoms with Crippen molar-refractivity contribution in [3.63, 3.8) is 0 Å². The minimum atomic E-state index is -3.86. The van der Waals surface area contributed by atoms with Crippen LogP contribution in [0.3, 0.4) is 0 Å². The lowest BCUT2D eigenvalue weighted by Crippen LogP contribution is -2.25. The van der Waals surface area contributed by atoms with Gasteiger partial charge in [-0.05, 0) is 37.5 Å². The quantitative estimate of drug-likeness (QED) is 0.621. The zero-order chi connectivity index (χ0) is 15.2. The molecule has 0 unspecified atom stereocenters. The number of carbonyl (C=O) groups is 1. The Hall–Kier alpha value is -1.51. The van der Waals surface area contributed by atoms with E-state index in [1.807, 2.05) is 0 Å². The minimum Gasteiger partial charge on any atom is -0.478 e. The topological polar surface area (TPSA) is 104 Å². The number of unbranched alkanes of at least 4 members (excludes halogenated alkanes) is 2. The molecular weight excluding hydrogens is 289 g/mol. The van der Waals surface area contributed by atoms with E-state index in [0.29, 0.717) is 19.3 Å². The van der Waals surface area contributed by atoms with Crippen LogP contribution >= 0.6 is 0 Å². The van der Waals surface area contributed by atoms with Crippen LogP contribution in [0.4, 0.5) is 4.39 Å². The Balaban J connectivity index is 2.77. The van der Waals surface area contributed by atoms with Gasteiger partial charge in [-0.25, -0.2) is 22.3 Å². The van der Waals surface area contributed by atoms with Gasteiger partial charge in [0.25, 0.3) is 0 Å². The Morgan fingerprint density at radius 2 is 1.95 bits per heavy atom. The molecule has 0 saturated carbocycles. The number of carboxylic acid groups (broad SMARTS) is 1. The van der Waals surface area contributed by atoms with E-state index in [2.05, 4.69) is 4.72 Å². The highest BCUT2D eigenvalue weighted by atomic mass is 32.2. The van der Waals surface area contributed by atoms with Gasteiger partial charge in [-0.15, -0.1) is 0 Å². The highest BCUT2D eigenvalue weighted by Crippen LogP contribution is 2.15. The molecule has 0 bridgehead atoms. The number of sulfonamides is 1. The number of hydrogen-bond donors (Lipinski definition) is 3. The average Bonchev–Trinajstić information content (AvgIpc) is 2.38. The molecule has 0 aliphatic carbocycles. The molecule has 0 aliphatic rings. The molecule has 0 radical (unpaired) electrons. The summed E-state index contributed by atoms with van der Waals surface area (Å²) in [5.74, 6) is -2.51. The molecule has 1 rings (SSSR count). The van der Waals surface area contributed by atoms with Crippen molar-refractivity contribution in [1.29, 1.82) is 0 Å². The van der Waals surface area contributed by atoms with Crippen LogP contribution in [0.15, 0.2) is 23.1 Å². The van der Waals surface area contributed by atoms with Gasteiger partial charge in [0, 0.05) is 13.2 Å². The van der Waals surface area contributed by atoms with Crippen molar-refractivity contribution in [2.75, 3.05) is 13.2 Å². The monoisotopic (exact) mass is 305 g/mol. The van der Waals surface area contributed by atoms with E-state index in [-0.39, 0.29) is 18.0 Å². The van der Waals surface area contributed by atoms with Crippen LogP contribution in [0, 0.1) is 5.82 Å². The second-order valence-electron chi connectivity index (χ2n) is 4.13. The van der Waals surface area contributed by atoms with Crippen molar-refractivity contribution in [3.8, 4) is 0 Å². The van der Waals surface area contributed by atoms with E-state index in [0.717, 1.165) is 18.2 Å². The fourth-order valence-corrected chi connectivity index (χ4v) is 2.64. The second-order valence-corrected chi connectivity index (χ2v) is 5.90. The summed E-state index contributed by atoms with van der Waals surface area (Å²) in [5.41, 5.74) is -0.687. The molecule has 0 heterocycles. The third-order valence-corrected chi connectivity index (χ3v) is 4.06. The van der Waals surface area contributed by atoms with E-state index in [1.165, 1.54) is 0 Å². The van der Waals surface area contributed by atoms with Gasteiger partial charge >= 0.3 is 5.97 Å². The molecule has 0 amide bonds. The zero-order valence-electron chi connectivity index (χ0n) is 10.7. The normalized spacial score (nSPS) is 11.5. The van der Waals surface area contributed by atoms with Crippen LogP contribution in [0.25, 0.3) is 0 Å². The minimum absolute atomic E-state index is 0.0483. The Kier molecular flexibility index (Phi) is 6.05. The van der Waals surface area contributed by atoms with Gasteiger partial charge in [0.15, 0.2) is 0 Å². The molecule has 0 atom stereocenters. The van der Waals surface area contributed by atoms with Crippen molar-refractivity contribution in [1.82, 2.24) is 4.72 Å². The highest BCUT2D eigenvalue weighted by molar-refractivity contribution is 7.89. The molecule has 112 valence electrons. The maximum Gasteiger partial charge on any atom is 0.338 e. The smallest absolute Gasteiger partial charge is 0.338 e. The summed E-state index contributed by atoms with van der Waals surface area (Å²) in [6, 6.07) is 2.61. The van der Waals surface area contributed by atoms with Gasteiger partial charge in [-0.2, -0.15) is 0 Å². The first-order chi connectivity index (χ1) is 9.38. The van der Waals surface area contributed by atoms with Crippen molar-refractivity contribution >= 4 is 16.0 Å². The maximum atomic E-state index is 13.2. The standard InChI is InChI=1S/C12H16FNO5S/c13-11-5-4-9(8-10(11)12(16)17)20(18,19)14-6-2-1-3-7-15/h4-5,8,14-15H,1-3,6-7H2,(H,16,17). The van der Waals surface area contributed by atoms with Gasteiger partial charge in [-0.3, -0.25) is 0 Å². The summed E-state index contributed by atoms with van der Waals surface area (Å²) in [6.45, 7) is 0.217. The number of benzene rings is 1. The molecule has 0 fully saturated rings. The fraction of sp³-hybridized carbons (Fsp3) is 0.417. The predicted octanol–water partition coefficient (Wildman–Crippen LogP) is 0.965. The molecule has 1 aromatic carbocycles. The zero-order valence-corrected chi connectivity index (χ0v) is 11.5. The van der Waals surface area contributed by atoms with Gasteiger partial charge in [0.05, 0.1) is 10.5 Å². The van der Waals surface area contributed by atoms with E-state index >= 15 is 0 Å². The first-order valence-electron chi connectivity index (χ1n) is 6.02. The summed E-state index contributed by atoms with van der Waals surface area (Å²) >= 11 is 0. The van der Waals surface area contributed by atoms with E-state index in [4.69, 9.17) is 10.2 Å². The number of carboxylic acids is 1. The van der Waals surface area contributed by atoms with Crippen molar-refractivity contribution in [2.24, 2.45) is 0 Å². The van der Waals surface area contributed by atoms with E-state index in [1.54, 1.807) is 0 Å². The number of hydrogen-bond acceptors (Lipinski definition) is 4. The SMILES string of the molecule is O=C(O)c1cc(S(=O)(=O)NCCCCCO)ccc1F. The Morgan fingerprint density at radius 3 is 2.55 bits per heavy atom. The molecule has 6 nitrogen and oxygen atoms in total. The maximum absolute atomic E-state index is 13.2. The first-order valence-corrected chi connectivity index (χ1v) is 7.50. The van der Waals surface area contributed by atoms with Crippen molar-refractivity contribution in [3.05, 3.63) is 29.6 Å². The molecule has 0 saturated heterocycles. The second kappa shape index (κ2) is 7.32. The third-order valence-electron chi connectivity index (χ3n) is 2.61. The van der Waals surface area contributed by atoms with Gasteiger partial charge in [-0.1, -0.05) is 0 Å². The third kappa shape index (κ3) is 4.55. The Labute approximate surface area is 116 Å². The van der Waals surface area contributed by atoms with E-state index in [9.17, 15) is 17.6 Å². The number of aliphatic hydroxyl groups is 1. The molecular formula is C12H16FNO5S. The number of aliphatic hydroxyl groups excluding tert-OH is 1. The number of rotatable bonds is 8. The fourth-order valence-electron chi connectivity index (χ4n) is 1.54. The van der Waals surface area contributed by atoms with Crippen LogP contribution in [0.5, 0.6) is 0 Å². The lowest BCUT2D eigenvalue weighted by Gasteiger charge is -2.07. The summed E-state index contributed by atoms with van der Waals surface area (Å²) in [4.78, 5) is 10.5. The molecule has 20 heavy (non-hydrogen) atoms.